The molecule has 0 bridgehead atoms. The number of fused-ring (bicyclic) bond motifs is 1. The summed E-state index contributed by atoms with van der Waals surface area (Å²) in [6.45, 7) is 2.48. The standard InChI is InChI=1S/C15H22N4O4S/c1-23-10-15-3-4-18(14(20)12-5-16-11-17-6-12)7-13(15)8-19(9-15)24(2,21)22/h5-6,11,13H,3-4,7-10H2,1-2H3/t13-,15+/m1/s1. The lowest BCUT2D eigenvalue weighted by atomic mass is 9.73. The van der Waals surface area contributed by atoms with E-state index in [-0.39, 0.29) is 17.2 Å². The molecule has 3 heterocycles. The second kappa shape index (κ2) is 6.38. The van der Waals surface area contributed by atoms with Crippen molar-refractivity contribution in [2.45, 2.75) is 6.42 Å². The molecule has 1 aromatic rings. The monoisotopic (exact) mass is 354 g/mol. The number of amides is 1. The highest BCUT2D eigenvalue weighted by Gasteiger charge is 2.52. The zero-order valence-electron chi connectivity index (χ0n) is 13.9. The molecule has 0 spiro atoms. The van der Waals surface area contributed by atoms with Crippen LogP contribution in [0.1, 0.15) is 16.8 Å². The molecular weight excluding hydrogens is 332 g/mol. The lowest BCUT2D eigenvalue weighted by Crippen LogP contribution is -2.50. The first kappa shape index (κ1) is 17.2. The van der Waals surface area contributed by atoms with Gasteiger partial charge in [0.15, 0.2) is 0 Å². The first-order valence-electron chi connectivity index (χ1n) is 7.84. The van der Waals surface area contributed by atoms with Gasteiger partial charge in [-0.15, -0.1) is 0 Å². The van der Waals surface area contributed by atoms with Crippen molar-refractivity contribution in [2.75, 3.05) is 46.2 Å². The van der Waals surface area contributed by atoms with Gasteiger partial charge in [-0.2, -0.15) is 0 Å². The fraction of sp³-hybridized carbons (Fsp3) is 0.667. The summed E-state index contributed by atoms with van der Waals surface area (Å²) in [5, 5.41) is 0. The van der Waals surface area contributed by atoms with Crippen LogP contribution in [-0.2, 0) is 14.8 Å². The zero-order chi connectivity index (χ0) is 17.4. The van der Waals surface area contributed by atoms with Gasteiger partial charge in [0, 0.05) is 51.1 Å². The number of carbonyl (C=O) groups is 1. The summed E-state index contributed by atoms with van der Waals surface area (Å²) < 4.78 is 30.8. The van der Waals surface area contributed by atoms with E-state index in [9.17, 15) is 13.2 Å². The lowest BCUT2D eigenvalue weighted by molar-refractivity contribution is 0.00339. The number of carbonyl (C=O) groups excluding carboxylic acids is 1. The van der Waals surface area contributed by atoms with Crippen LogP contribution in [0.25, 0.3) is 0 Å². The number of aromatic nitrogens is 2. The first-order valence-corrected chi connectivity index (χ1v) is 9.69. The molecule has 1 amide bonds. The number of hydrogen-bond acceptors (Lipinski definition) is 6. The highest BCUT2D eigenvalue weighted by atomic mass is 32.2. The van der Waals surface area contributed by atoms with Crippen LogP contribution in [-0.4, -0.2) is 79.6 Å². The van der Waals surface area contributed by atoms with E-state index in [0.29, 0.717) is 38.3 Å². The summed E-state index contributed by atoms with van der Waals surface area (Å²) in [5.74, 6) is -0.0473. The third-order valence-electron chi connectivity index (χ3n) is 5.10. The van der Waals surface area contributed by atoms with Crippen molar-refractivity contribution >= 4 is 15.9 Å². The molecule has 0 saturated carbocycles. The highest BCUT2D eigenvalue weighted by Crippen LogP contribution is 2.44. The van der Waals surface area contributed by atoms with Gasteiger partial charge in [0.1, 0.15) is 6.33 Å². The minimum atomic E-state index is -3.25. The topological polar surface area (TPSA) is 92.7 Å². The van der Waals surface area contributed by atoms with Gasteiger partial charge in [0.2, 0.25) is 10.0 Å². The van der Waals surface area contributed by atoms with E-state index in [1.807, 2.05) is 0 Å². The molecule has 0 N–H and O–H groups in total. The molecule has 0 radical (unpaired) electrons. The van der Waals surface area contributed by atoms with E-state index in [1.165, 1.54) is 29.3 Å². The fourth-order valence-corrected chi connectivity index (χ4v) is 4.73. The van der Waals surface area contributed by atoms with Crippen LogP contribution < -0.4 is 0 Å². The Morgan fingerprint density at radius 1 is 1.38 bits per heavy atom. The van der Waals surface area contributed by atoms with Crippen molar-refractivity contribution in [1.29, 1.82) is 0 Å². The third kappa shape index (κ3) is 3.15. The zero-order valence-corrected chi connectivity index (χ0v) is 14.7. The van der Waals surface area contributed by atoms with Crippen LogP contribution in [0.2, 0.25) is 0 Å². The Morgan fingerprint density at radius 2 is 2.08 bits per heavy atom. The predicted molar refractivity (Wildman–Crippen MR) is 86.8 cm³/mol. The Bertz CT molecular complexity index is 711. The molecule has 0 aliphatic carbocycles. The molecule has 2 aliphatic heterocycles. The Balaban J connectivity index is 1.80. The largest absolute Gasteiger partial charge is 0.384 e. The molecule has 0 unspecified atom stereocenters. The number of nitrogens with zero attached hydrogens (tertiary/aromatic N) is 4. The molecule has 2 aliphatic rings. The SMILES string of the molecule is COC[C@@]12CCN(C(=O)c3cncnc3)C[C@@H]1CN(S(C)(=O)=O)C2. The van der Waals surface area contributed by atoms with E-state index in [0.717, 1.165) is 6.42 Å². The molecule has 132 valence electrons. The Morgan fingerprint density at radius 3 is 2.71 bits per heavy atom. The molecule has 24 heavy (non-hydrogen) atoms. The van der Waals surface area contributed by atoms with E-state index in [2.05, 4.69) is 9.97 Å². The third-order valence-corrected chi connectivity index (χ3v) is 6.31. The van der Waals surface area contributed by atoms with E-state index < -0.39 is 10.0 Å². The van der Waals surface area contributed by atoms with E-state index in [1.54, 1.807) is 12.0 Å². The second-order valence-electron chi connectivity index (χ2n) is 6.68. The molecule has 2 saturated heterocycles. The Labute approximate surface area is 141 Å². The number of methoxy groups -OCH3 is 1. The van der Waals surface area contributed by atoms with Crippen molar-refractivity contribution in [3.63, 3.8) is 0 Å². The maximum Gasteiger partial charge on any atom is 0.257 e. The maximum absolute atomic E-state index is 12.6. The lowest BCUT2D eigenvalue weighted by Gasteiger charge is -2.43. The Kier molecular flexibility index (Phi) is 4.58. The van der Waals surface area contributed by atoms with E-state index >= 15 is 0 Å². The smallest absolute Gasteiger partial charge is 0.257 e. The molecule has 8 nitrogen and oxygen atoms in total. The minimum Gasteiger partial charge on any atom is -0.384 e. The number of sulfonamides is 1. The average Bonchev–Trinajstić information content (AvgIpc) is 2.94. The van der Waals surface area contributed by atoms with Crippen LogP contribution in [0, 0.1) is 11.3 Å². The van der Waals surface area contributed by atoms with Crippen LogP contribution in [0.4, 0.5) is 0 Å². The summed E-state index contributed by atoms with van der Waals surface area (Å²) >= 11 is 0. The molecular formula is C15H22N4O4S. The first-order chi connectivity index (χ1) is 11.4. The summed E-state index contributed by atoms with van der Waals surface area (Å²) in [6, 6.07) is 0. The normalized spacial score (nSPS) is 27.9. The van der Waals surface area contributed by atoms with Gasteiger partial charge in [-0.05, 0) is 12.3 Å². The van der Waals surface area contributed by atoms with Crippen molar-refractivity contribution in [3.8, 4) is 0 Å². The van der Waals surface area contributed by atoms with Crippen LogP contribution in [0.5, 0.6) is 0 Å². The van der Waals surface area contributed by atoms with Gasteiger partial charge >= 0.3 is 0 Å². The van der Waals surface area contributed by atoms with Crippen molar-refractivity contribution in [1.82, 2.24) is 19.2 Å². The van der Waals surface area contributed by atoms with E-state index in [4.69, 9.17) is 4.74 Å². The molecule has 0 aromatic carbocycles. The van der Waals surface area contributed by atoms with Gasteiger partial charge in [-0.25, -0.2) is 22.7 Å². The molecule has 2 atom stereocenters. The Hall–Kier alpha value is -1.58. The molecule has 3 rings (SSSR count). The van der Waals surface area contributed by atoms with Gasteiger partial charge in [-0.1, -0.05) is 0 Å². The van der Waals surface area contributed by atoms with Crippen molar-refractivity contribution in [3.05, 3.63) is 24.3 Å². The number of ether oxygens (including phenoxy) is 1. The van der Waals surface area contributed by atoms with Crippen LogP contribution in [0.3, 0.4) is 0 Å². The van der Waals surface area contributed by atoms with Gasteiger partial charge in [0.25, 0.3) is 5.91 Å². The second-order valence-corrected chi connectivity index (χ2v) is 8.66. The number of hydrogen-bond donors (Lipinski definition) is 0. The number of rotatable bonds is 4. The summed E-state index contributed by atoms with van der Waals surface area (Å²) in [7, 11) is -1.62. The predicted octanol–water partition coefficient (Wildman–Crippen LogP) is -0.153. The summed E-state index contributed by atoms with van der Waals surface area (Å²) in [4.78, 5) is 22.2. The van der Waals surface area contributed by atoms with Gasteiger partial charge < -0.3 is 9.64 Å². The van der Waals surface area contributed by atoms with Gasteiger partial charge in [0.05, 0.1) is 18.4 Å². The highest BCUT2D eigenvalue weighted by molar-refractivity contribution is 7.88. The summed E-state index contributed by atoms with van der Waals surface area (Å²) in [5.41, 5.74) is 0.233. The molecule has 2 fully saturated rings. The number of piperidine rings is 1. The van der Waals surface area contributed by atoms with Crippen LogP contribution >= 0.6 is 0 Å². The fourth-order valence-electron chi connectivity index (χ4n) is 3.79. The minimum absolute atomic E-state index is 0.0644. The molecule has 9 heteroatoms. The maximum atomic E-state index is 12.6. The van der Waals surface area contributed by atoms with Gasteiger partial charge in [-0.3, -0.25) is 4.79 Å². The van der Waals surface area contributed by atoms with Crippen molar-refractivity contribution in [2.24, 2.45) is 11.3 Å². The summed E-state index contributed by atoms with van der Waals surface area (Å²) in [6.07, 6.45) is 6.34. The quantitative estimate of drug-likeness (QED) is 0.746. The van der Waals surface area contributed by atoms with Crippen LogP contribution in [0.15, 0.2) is 18.7 Å². The molecule has 1 aromatic heterocycles. The number of likely N-dealkylation sites (tertiary alicyclic amines) is 1. The van der Waals surface area contributed by atoms with Crippen molar-refractivity contribution < 1.29 is 17.9 Å². The average molecular weight is 354 g/mol.